The molecular formula is C17H15N3O2. The highest BCUT2D eigenvalue weighted by molar-refractivity contribution is 5.87. The van der Waals surface area contributed by atoms with Gasteiger partial charge in [0.25, 0.3) is 0 Å². The zero-order valence-corrected chi connectivity index (χ0v) is 11.8. The van der Waals surface area contributed by atoms with Gasteiger partial charge in [-0.1, -0.05) is 24.3 Å². The summed E-state index contributed by atoms with van der Waals surface area (Å²) in [5, 5.41) is 13.8. The van der Waals surface area contributed by atoms with Crippen LogP contribution >= 0.6 is 0 Å². The number of para-hydroxylation sites is 1. The molecule has 22 heavy (non-hydrogen) atoms. The predicted octanol–water partition coefficient (Wildman–Crippen LogP) is 2.25. The molecule has 0 aliphatic carbocycles. The molecule has 110 valence electrons. The molecule has 2 unspecified atom stereocenters. The molecule has 1 aliphatic rings. The van der Waals surface area contributed by atoms with Crippen LogP contribution in [-0.2, 0) is 11.2 Å². The van der Waals surface area contributed by atoms with Gasteiger partial charge in [0, 0.05) is 35.4 Å². The van der Waals surface area contributed by atoms with E-state index in [1.54, 1.807) is 12.4 Å². The first-order chi connectivity index (χ1) is 10.7. The Morgan fingerprint density at radius 1 is 1.23 bits per heavy atom. The van der Waals surface area contributed by atoms with Crippen LogP contribution in [0.15, 0.2) is 48.8 Å². The number of aromatic amines is 1. The number of fused-ring (bicyclic) bond motifs is 3. The van der Waals surface area contributed by atoms with Gasteiger partial charge in [-0.25, -0.2) is 0 Å². The van der Waals surface area contributed by atoms with E-state index in [0.717, 1.165) is 27.7 Å². The van der Waals surface area contributed by atoms with E-state index in [1.807, 2.05) is 36.4 Å². The number of hydrogen-bond donors (Lipinski definition) is 3. The third-order valence-corrected chi connectivity index (χ3v) is 4.23. The number of H-pyrrole nitrogens is 1. The van der Waals surface area contributed by atoms with Gasteiger partial charge in [-0.05, 0) is 23.3 Å². The van der Waals surface area contributed by atoms with Gasteiger partial charge in [0.1, 0.15) is 6.04 Å². The molecule has 0 amide bonds. The normalized spacial score (nSPS) is 20.7. The van der Waals surface area contributed by atoms with Crippen molar-refractivity contribution in [3.63, 3.8) is 0 Å². The molecule has 5 nitrogen and oxygen atoms in total. The van der Waals surface area contributed by atoms with E-state index in [-0.39, 0.29) is 6.04 Å². The van der Waals surface area contributed by atoms with Crippen LogP contribution in [0, 0.1) is 0 Å². The predicted molar refractivity (Wildman–Crippen MR) is 82.6 cm³/mol. The summed E-state index contributed by atoms with van der Waals surface area (Å²) in [7, 11) is 0. The molecule has 3 heterocycles. The highest BCUT2D eigenvalue weighted by Gasteiger charge is 2.33. The number of carboxylic acids is 1. The zero-order chi connectivity index (χ0) is 15.1. The Hall–Kier alpha value is -2.66. The van der Waals surface area contributed by atoms with Gasteiger partial charge in [-0.15, -0.1) is 0 Å². The molecule has 0 spiro atoms. The second kappa shape index (κ2) is 4.96. The molecule has 0 saturated heterocycles. The lowest BCUT2D eigenvalue weighted by Crippen LogP contribution is -2.44. The molecule has 1 aromatic carbocycles. The van der Waals surface area contributed by atoms with Crippen molar-refractivity contribution >= 4 is 16.9 Å². The fourth-order valence-electron chi connectivity index (χ4n) is 3.20. The number of pyridine rings is 1. The second-order valence-corrected chi connectivity index (χ2v) is 5.54. The molecular weight excluding hydrogens is 278 g/mol. The second-order valence-electron chi connectivity index (χ2n) is 5.54. The van der Waals surface area contributed by atoms with E-state index in [9.17, 15) is 9.90 Å². The largest absolute Gasteiger partial charge is 0.480 e. The third-order valence-electron chi connectivity index (χ3n) is 4.23. The van der Waals surface area contributed by atoms with Crippen LogP contribution in [-0.4, -0.2) is 27.1 Å². The van der Waals surface area contributed by atoms with Crippen molar-refractivity contribution in [1.82, 2.24) is 15.3 Å². The van der Waals surface area contributed by atoms with Crippen LogP contribution < -0.4 is 5.32 Å². The van der Waals surface area contributed by atoms with E-state index in [1.165, 1.54) is 0 Å². The lowest BCUT2D eigenvalue weighted by molar-refractivity contribution is -0.139. The maximum atomic E-state index is 11.5. The maximum Gasteiger partial charge on any atom is 0.321 e. The first-order valence-corrected chi connectivity index (χ1v) is 7.22. The number of aromatic nitrogens is 2. The average molecular weight is 293 g/mol. The van der Waals surface area contributed by atoms with E-state index < -0.39 is 12.0 Å². The Balaban J connectivity index is 1.91. The fraction of sp³-hybridized carbons (Fsp3) is 0.176. The highest BCUT2D eigenvalue weighted by atomic mass is 16.4. The van der Waals surface area contributed by atoms with E-state index in [0.29, 0.717) is 6.42 Å². The van der Waals surface area contributed by atoms with Crippen LogP contribution in [0.25, 0.3) is 10.9 Å². The number of carbonyl (C=O) groups is 1. The third kappa shape index (κ3) is 1.98. The van der Waals surface area contributed by atoms with Gasteiger partial charge in [0.05, 0.1) is 6.04 Å². The molecule has 1 aliphatic heterocycles. The van der Waals surface area contributed by atoms with Crippen molar-refractivity contribution in [3.05, 3.63) is 65.6 Å². The molecule has 3 aromatic rings. The fourth-order valence-corrected chi connectivity index (χ4v) is 3.20. The van der Waals surface area contributed by atoms with Crippen LogP contribution in [0.3, 0.4) is 0 Å². The monoisotopic (exact) mass is 293 g/mol. The molecule has 3 N–H and O–H groups in total. The lowest BCUT2D eigenvalue weighted by Gasteiger charge is -2.29. The molecule has 0 bridgehead atoms. The Kier molecular flexibility index (Phi) is 2.94. The Bertz CT molecular complexity index is 841. The summed E-state index contributed by atoms with van der Waals surface area (Å²) in [5.41, 5.74) is 4.11. The maximum absolute atomic E-state index is 11.5. The summed E-state index contributed by atoms with van der Waals surface area (Å²) in [6.07, 6.45) is 3.97. The summed E-state index contributed by atoms with van der Waals surface area (Å²) in [4.78, 5) is 19.1. The number of aliphatic carboxylic acids is 1. The van der Waals surface area contributed by atoms with Crippen LogP contribution in [0.5, 0.6) is 0 Å². The molecule has 2 atom stereocenters. The zero-order valence-electron chi connectivity index (χ0n) is 11.8. The molecule has 0 saturated carbocycles. The first-order valence-electron chi connectivity index (χ1n) is 7.22. The van der Waals surface area contributed by atoms with E-state index >= 15 is 0 Å². The topological polar surface area (TPSA) is 78.0 Å². The van der Waals surface area contributed by atoms with Crippen molar-refractivity contribution in [2.24, 2.45) is 0 Å². The van der Waals surface area contributed by atoms with Gasteiger partial charge >= 0.3 is 5.97 Å². The first kappa shape index (κ1) is 13.0. The number of benzene rings is 1. The number of nitrogens with one attached hydrogen (secondary N) is 2. The summed E-state index contributed by atoms with van der Waals surface area (Å²) in [5.74, 6) is -0.829. The van der Waals surface area contributed by atoms with Gasteiger partial charge in [-0.3, -0.25) is 15.1 Å². The van der Waals surface area contributed by atoms with Crippen molar-refractivity contribution in [1.29, 1.82) is 0 Å². The minimum Gasteiger partial charge on any atom is -0.480 e. The van der Waals surface area contributed by atoms with Crippen LogP contribution in [0.2, 0.25) is 0 Å². The SMILES string of the molecule is O=C(O)C1Cc2c([nH]c3ccccc23)C(c2cccnc2)N1. The average Bonchev–Trinajstić information content (AvgIpc) is 2.93. The standard InChI is InChI=1S/C17H15N3O2/c21-17(22)14-8-12-11-5-1-2-6-13(11)19-16(12)15(20-14)10-4-3-7-18-9-10/h1-7,9,14-15,19-20H,8H2,(H,21,22). The van der Waals surface area contributed by atoms with Gasteiger partial charge in [0.15, 0.2) is 0 Å². The minimum atomic E-state index is -0.829. The lowest BCUT2D eigenvalue weighted by atomic mass is 9.91. The number of nitrogens with zero attached hydrogens (tertiary/aromatic N) is 1. The minimum absolute atomic E-state index is 0.189. The summed E-state index contributed by atoms with van der Waals surface area (Å²) in [6, 6.07) is 11.0. The van der Waals surface area contributed by atoms with Crippen LogP contribution in [0.1, 0.15) is 22.9 Å². The molecule has 4 rings (SSSR count). The smallest absolute Gasteiger partial charge is 0.321 e. The van der Waals surface area contributed by atoms with Crippen molar-refractivity contribution in [3.8, 4) is 0 Å². The van der Waals surface area contributed by atoms with Gasteiger partial charge in [0.2, 0.25) is 0 Å². The number of hydrogen-bond acceptors (Lipinski definition) is 3. The van der Waals surface area contributed by atoms with Crippen LogP contribution in [0.4, 0.5) is 0 Å². The van der Waals surface area contributed by atoms with E-state index in [2.05, 4.69) is 15.3 Å². The van der Waals surface area contributed by atoms with Crippen molar-refractivity contribution in [2.75, 3.05) is 0 Å². The van der Waals surface area contributed by atoms with Crippen molar-refractivity contribution < 1.29 is 9.90 Å². The number of carboxylic acid groups (broad SMARTS) is 1. The quantitative estimate of drug-likeness (QED) is 0.677. The van der Waals surface area contributed by atoms with E-state index in [4.69, 9.17) is 0 Å². The van der Waals surface area contributed by atoms with Crippen molar-refractivity contribution in [2.45, 2.75) is 18.5 Å². The summed E-state index contributed by atoms with van der Waals surface area (Å²) in [6.45, 7) is 0. The van der Waals surface area contributed by atoms with Gasteiger partial charge in [-0.2, -0.15) is 0 Å². The number of rotatable bonds is 2. The summed E-state index contributed by atoms with van der Waals surface area (Å²) >= 11 is 0. The Morgan fingerprint density at radius 2 is 2.09 bits per heavy atom. The highest BCUT2D eigenvalue weighted by Crippen LogP contribution is 2.34. The Morgan fingerprint density at radius 3 is 2.86 bits per heavy atom. The Labute approximate surface area is 127 Å². The molecule has 0 fully saturated rings. The molecule has 5 heteroatoms. The van der Waals surface area contributed by atoms with Gasteiger partial charge < -0.3 is 10.1 Å². The molecule has 2 aromatic heterocycles. The molecule has 0 radical (unpaired) electrons. The summed E-state index contributed by atoms with van der Waals surface area (Å²) < 4.78 is 0.